The first kappa shape index (κ1) is 29.5. The second-order valence-electron chi connectivity index (χ2n) is 9.46. The van der Waals surface area contributed by atoms with E-state index in [0.29, 0.717) is 85.4 Å². The summed E-state index contributed by atoms with van der Waals surface area (Å²) in [5, 5.41) is 10.6. The molecule has 0 radical (unpaired) electrons. The predicted molar refractivity (Wildman–Crippen MR) is 143 cm³/mol. The van der Waals surface area contributed by atoms with Crippen molar-refractivity contribution in [1.82, 2.24) is 4.90 Å². The lowest BCUT2D eigenvalue weighted by Gasteiger charge is -2.37. The summed E-state index contributed by atoms with van der Waals surface area (Å²) in [7, 11) is 0. The average Bonchev–Trinajstić information content (AvgIpc) is 3.38. The van der Waals surface area contributed by atoms with Crippen molar-refractivity contribution < 1.29 is 42.7 Å². The molecule has 10 heteroatoms. The molecule has 1 aromatic heterocycles. The Morgan fingerprint density at radius 3 is 2.26 bits per heavy atom. The zero-order valence-electron chi connectivity index (χ0n) is 22.8. The number of hydrogen-bond donors (Lipinski definition) is 1. The molecule has 0 aliphatic carbocycles. The van der Waals surface area contributed by atoms with Gasteiger partial charge in [-0.1, -0.05) is 18.2 Å². The molecule has 1 aromatic carbocycles. The molecule has 10 nitrogen and oxygen atoms in total. The Morgan fingerprint density at radius 2 is 1.62 bits per heavy atom. The van der Waals surface area contributed by atoms with Gasteiger partial charge in [-0.15, -0.1) is 0 Å². The van der Waals surface area contributed by atoms with Crippen LogP contribution in [-0.4, -0.2) is 101 Å². The number of ether oxygens (including phenoxy) is 6. The Labute approximate surface area is 229 Å². The standard InChI is InChI=1S/C29H41NO9/c1-2-37-29-23(7-5-11-31)24(25-21-38-26-8-4-3-6-22(25)26)20-27(39-29)28(32)30-9-12-33-14-16-35-18-19-36-17-15-34-13-10-30/h3-4,6,8,20-21,23-24,29,31H,2,5,7,9-19H2,1H3/t23-,24-,29+/m0/s1. The fourth-order valence-electron chi connectivity index (χ4n) is 4.95. The first-order chi connectivity index (χ1) is 19.2. The Balaban J connectivity index is 1.59. The van der Waals surface area contributed by atoms with Crippen molar-refractivity contribution in [3.05, 3.63) is 47.9 Å². The van der Waals surface area contributed by atoms with Gasteiger partial charge in [-0.05, 0) is 31.9 Å². The number of aliphatic hydroxyl groups excluding tert-OH is 1. The van der Waals surface area contributed by atoms with E-state index < -0.39 is 6.29 Å². The van der Waals surface area contributed by atoms with Crippen LogP contribution in [0.15, 0.2) is 46.8 Å². The van der Waals surface area contributed by atoms with Crippen LogP contribution in [0, 0.1) is 5.92 Å². The number of amides is 1. The SMILES string of the molecule is CCO[C@@H]1OC(C(=O)N2CCOCCOCCOCCOCC2)=C[C@H](c2coc3ccccc23)[C@@H]1CCCO. The monoisotopic (exact) mass is 547 g/mol. The van der Waals surface area contributed by atoms with Gasteiger partial charge in [0.15, 0.2) is 5.76 Å². The van der Waals surface area contributed by atoms with E-state index in [0.717, 1.165) is 16.5 Å². The van der Waals surface area contributed by atoms with E-state index in [2.05, 4.69) is 0 Å². The molecule has 0 saturated carbocycles. The maximum atomic E-state index is 13.9. The van der Waals surface area contributed by atoms with E-state index in [-0.39, 0.29) is 30.1 Å². The van der Waals surface area contributed by atoms with E-state index in [1.54, 1.807) is 11.2 Å². The predicted octanol–water partition coefficient (Wildman–Crippen LogP) is 3.09. The maximum Gasteiger partial charge on any atom is 0.288 e. The molecule has 3 atom stereocenters. The second kappa shape index (κ2) is 16.0. The first-order valence-corrected chi connectivity index (χ1v) is 13.9. The van der Waals surface area contributed by atoms with Gasteiger partial charge in [-0.25, -0.2) is 0 Å². The molecule has 2 aromatic rings. The number of aliphatic hydroxyl groups is 1. The van der Waals surface area contributed by atoms with Gasteiger partial charge in [0, 0.05) is 49.1 Å². The molecule has 0 bridgehead atoms. The normalized spacial score (nSPS) is 24.4. The van der Waals surface area contributed by atoms with Gasteiger partial charge in [-0.2, -0.15) is 0 Å². The molecule has 1 amide bonds. The summed E-state index contributed by atoms with van der Waals surface area (Å²) in [4.78, 5) is 15.5. The largest absolute Gasteiger partial charge is 0.464 e. The second-order valence-corrected chi connectivity index (χ2v) is 9.46. The van der Waals surface area contributed by atoms with Gasteiger partial charge in [-0.3, -0.25) is 4.79 Å². The molecular formula is C29H41NO9. The molecule has 216 valence electrons. The lowest BCUT2D eigenvalue weighted by Crippen LogP contribution is -2.42. The summed E-state index contributed by atoms with van der Waals surface area (Å²) < 4.78 is 40.5. The van der Waals surface area contributed by atoms with Crippen LogP contribution in [-0.2, 0) is 33.2 Å². The van der Waals surface area contributed by atoms with Crippen LogP contribution in [0.3, 0.4) is 0 Å². The number of rotatable bonds is 7. The molecule has 1 saturated heterocycles. The Kier molecular flexibility index (Phi) is 12.1. The third kappa shape index (κ3) is 8.26. The number of carbonyl (C=O) groups excluding carboxylic acids is 1. The number of hydrogen-bond acceptors (Lipinski definition) is 9. The Morgan fingerprint density at radius 1 is 0.974 bits per heavy atom. The lowest BCUT2D eigenvalue weighted by atomic mass is 9.80. The van der Waals surface area contributed by atoms with Crippen molar-refractivity contribution in [3.63, 3.8) is 0 Å². The molecule has 1 fully saturated rings. The van der Waals surface area contributed by atoms with Crippen LogP contribution in [0.1, 0.15) is 31.2 Å². The van der Waals surface area contributed by atoms with Gasteiger partial charge in [0.05, 0.1) is 59.1 Å². The average molecular weight is 548 g/mol. The van der Waals surface area contributed by atoms with Gasteiger partial charge >= 0.3 is 0 Å². The molecule has 1 N–H and O–H groups in total. The maximum absolute atomic E-state index is 13.9. The number of nitrogens with zero attached hydrogens (tertiary/aromatic N) is 1. The molecule has 0 unspecified atom stereocenters. The topological polar surface area (TPSA) is 109 Å². The Hall–Kier alpha value is -2.47. The highest BCUT2D eigenvalue weighted by Crippen LogP contribution is 2.42. The van der Waals surface area contributed by atoms with Crippen molar-refractivity contribution in [2.45, 2.75) is 32.0 Å². The van der Waals surface area contributed by atoms with Crippen molar-refractivity contribution in [2.24, 2.45) is 5.92 Å². The minimum absolute atomic E-state index is 0.0631. The smallest absolute Gasteiger partial charge is 0.288 e. The highest BCUT2D eigenvalue weighted by atomic mass is 16.7. The quantitative estimate of drug-likeness (QED) is 0.559. The van der Waals surface area contributed by atoms with Crippen molar-refractivity contribution in [1.29, 1.82) is 0 Å². The van der Waals surface area contributed by atoms with E-state index in [1.807, 2.05) is 37.3 Å². The number of furan rings is 1. The fourth-order valence-corrected chi connectivity index (χ4v) is 4.95. The Bertz CT molecular complexity index is 1020. The van der Waals surface area contributed by atoms with Crippen LogP contribution >= 0.6 is 0 Å². The number of benzene rings is 1. The van der Waals surface area contributed by atoms with Crippen LogP contribution in [0.2, 0.25) is 0 Å². The fraction of sp³-hybridized carbons (Fsp3) is 0.621. The van der Waals surface area contributed by atoms with Gasteiger partial charge < -0.3 is 42.8 Å². The number of allylic oxidation sites excluding steroid dienone is 1. The summed E-state index contributed by atoms with van der Waals surface area (Å²) in [5.41, 5.74) is 1.75. The molecule has 3 heterocycles. The third-order valence-corrected chi connectivity index (χ3v) is 6.91. The summed E-state index contributed by atoms with van der Waals surface area (Å²) in [6.07, 6.45) is 4.25. The summed E-state index contributed by atoms with van der Waals surface area (Å²) in [6, 6.07) is 7.85. The molecule has 2 aliphatic rings. The summed E-state index contributed by atoms with van der Waals surface area (Å²) in [6.45, 7) is 6.70. The molecular weight excluding hydrogens is 506 g/mol. The zero-order chi connectivity index (χ0) is 27.3. The van der Waals surface area contributed by atoms with Crippen LogP contribution in [0.5, 0.6) is 0 Å². The summed E-state index contributed by atoms with van der Waals surface area (Å²) >= 11 is 0. The van der Waals surface area contributed by atoms with Crippen molar-refractivity contribution in [3.8, 4) is 0 Å². The first-order valence-electron chi connectivity index (χ1n) is 13.9. The zero-order valence-corrected chi connectivity index (χ0v) is 22.8. The van der Waals surface area contributed by atoms with E-state index in [1.165, 1.54) is 0 Å². The van der Waals surface area contributed by atoms with E-state index in [9.17, 15) is 9.90 Å². The van der Waals surface area contributed by atoms with E-state index >= 15 is 0 Å². The minimum Gasteiger partial charge on any atom is -0.464 e. The van der Waals surface area contributed by atoms with Crippen LogP contribution < -0.4 is 0 Å². The van der Waals surface area contributed by atoms with Crippen molar-refractivity contribution in [2.75, 3.05) is 79.2 Å². The highest BCUT2D eigenvalue weighted by Gasteiger charge is 2.40. The van der Waals surface area contributed by atoms with Crippen molar-refractivity contribution >= 4 is 16.9 Å². The van der Waals surface area contributed by atoms with Gasteiger partial charge in [0.25, 0.3) is 5.91 Å². The van der Waals surface area contributed by atoms with Gasteiger partial charge in [0.1, 0.15) is 5.58 Å². The van der Waals surface area contributed by atoms with Crippen LogP contribution in [0.25, 0.3) is 11.0 Å². The number of carbonyl (C=O) groups is 1. The number of fused-ring (bicyclic) bond motifs is 1. The van der Waals surface area contributed by atoms with Crippen LogP contribution in [0.4, 0.5) is 0 Å². The number of para-hydroxylation sites is 1. The molecule has 39 heavy (non-hydrogen) atoms. The highest BCUT2D eigenvalue weighted by molar-refractivity contribution is 5.92. The lowest BCUT2D eigenvalue weighted by molar-refractivity contribution is -0.170. The summed E-state index contributed by atoms with van der Waals surface area (Å²) in [5.74, 6) is -0.324. The molecule has 4 rings (SSSR count). The minimum atomic E-state index is -0.644. The van der Waals surface area contributed by atoms with Gasteiger partial charge in [0.2, 0.25) is 6.29 Å². The molecule has 2 aliphatic heterocycles. The van der Waals surface area contributed by atoms with E-state index in [4.69, 9.17) is 32.8 Å². The molecule has 0 spiro atoms. The third-order valence-electron chi connectivity index (χ3n) is 6.91.